The number of thiazole rings is 1. The molecule has 7 heteroatoms. The van der Waals surface area contributed by atoms with E-state index in [-0.39, 0.29) is 12.3 Å². The first kappa shape index (κ1) is 15.2. The molecule has 6 nitrogen and oxygen atoms in total. The second kappa shape index (κ2) is 7.06. The van der Waals surface area contributed by atoms with E-state index in [9.17, 15) is 4.79 Å². The van der Waals surface area contributed by atoms with Crippen LogP contribution in [0.1, 0.15) is 16.5 Å². The van der Waals surface area contributed by atoms with Gasteiger partial charge in [0.15, 0.2) is 5.82 Å². The van der Waals surface area contributed by atoms with Crippen LogP contribution in [-0.2, 0) is 17.8 Å². The average Bonchev–Trinajstić information content (AvgIpc) is 3.15. The molecular weight excluding hydrogens is 314 g/mol. The summed E-state index contributed by atoms with van der Waals surface area (Å²) in [7, 11) is 0. The lowest BCUT2D eigenvalue weighted by Gasteiger charge is -2.02. The molecule has 1 N–H and O–H groups in total. The van der Waals surface area contributed by atoms with Gasteiger partial charge in [-0.1, -0.05) is 23.4 Å². The zero-order valence-electron chi connectivity index (χ0n) is 12.5. The Labute approximate surface area is 137 Å². The number of anilines is 1. The summed E-state index contributed by atoms with van der Waals surface area (Å²) in [5.74, 6) is 1.67. The third kappa shape index (κ3) is 4.40. The molecular formula is C16H15N3O3S. The molecule has 0 radical (unpaired) electrons. The number of ether oxygens (including phenoxy) is 1. The van der Waals surface area contributed by atoms with Crippen LogP contribution >= 0.6 is 11.3 Å². The van der Waals surface area contributed by atoms with Crippen molar-refractivity contribution in [3.05, 3.63) is 58.2 Å². The molecule has 118 valence electrons. The van der Waals surface area contributed by atoms with Crippen LogP contribution in [0.3, 0.4) is 0 Å². The second-order valence-electron chi connectivity index (χ2n) is 4.88. The highest BCUT2D eigenvalue weighted by Crippen LogP contribution is 2.16. The third-order valence-corrected chi connectivity index (χ3v) is 3.81. The Kier molecular flexibility index (Phi) is 4.68. The molecule has 3 aromatic rings. The average molecular weight is 329 g/mol. The molecule has 2 aromatic heterocycles. The van der Waals surface area contributed by atoms with Gasteiger partial charge < -0.3 is 14.6 Å². The fourth-order valence-corrected chi connectivity index (χ4v) is 2.64. The first-order chi connectivity index (χ1) is 11.2. The summed E-state index contributed by atoms with van der Waals surface area (Å²) in [6.07, 6.45) is 0.188. The van der Waals surface area contributed by atoms with Gasteiger partial charge in [-0.2, -0.15) is 0 Å². The number of amides is 1. The van der Waals surface area contributed by atoms with Crippen molar-refractivity contribution in [1.29, 1.82) is 0 Å². The van der Waals surface area contributed by atoms with E-state index in [0.29, 0.717) is 23.9 Å². The summed E-state index contributed by atoms with van der Waals surface area (Å²) in [4.78, 5) is 16.3. The van der Waals surface area contributed by atoms with Gasteiger partial charge in [0.05, 0.1) is 12.1 Å². The summed E-state index contributed by atoms with van der Waals surface area (Å²) in [6.45, 7) is 2.15. The molecule has 1 aromatic carbocycles. The normalized spacial score (nSPS) is 10.5. The Morgan fingerprint density at radius 2 is 2.17 bits per heavy atom. The molecule has 0 saturated carbocycles. The lowest BCUT2D eigenvalue weighted by Crippen LogP contribution is -2.14. The minimum atomic E-state index is -0.181. The number of aryl methyl sites for hydroxylation is 1. The summed E-state index contributed by atoms with van der Waals surface area (Å²) >= 11 is 1.47. The van der Waals surface area contributed by atoms with Crippen LogP contribution in [0.15, 0.2) is 46.3 Å². The molecule has 0 bridgehead atoms. The summed E-state index contributed by atoms with van der Waals surface area (Å²) in [5, 5.41) is 9.07. The van der Waals surface area contributed by atoms with Crippen molar-refractivity contribution in [1.82, 2.24) is 10.1 Å². The molecule has 0 fully saturated rings. The lowest BCUT2D eigenvalue weighted by atomic mass is 10.3. The number of carbonyl (C=O) groups excluding carboxylic acids is 1. The second-order valence-corrected chi connectivity index (χ2v) is 5.82. The molecule has 2 heterocycles. The van der Waals surface area contributed by atoms with Crippen molar-refractivity contribution in [2.75, 3.05) is 5.32 Å². The minimum absolute atomic E-state index is 0.181. The maximum Gasteiger partial charge on any atom is 0.231 e. The van der Waals surface area contributed by atoms with E-state index in [1.165, 1.54) is 11.3 Å². The zero-order chi connectivity index (χ0) is 16.1. The van der Waals surface area contributed by atoms with Crippen molar-refractivity contribution >= 4 is 23.1 Å². The molecule has 0 aliphatic rings. The standard InChI is InChI=1S/C16H15N3O3S/c1-11-7-14(19-22-11)18-15(20)8-12-10-23-16(17-12)9-21-13-5-3-2-4-6-13/h2-7,10H,8-9H2,1H3,(H,18,19,20). The topological polar surface area (TPSA) is 77.2 Å². The highest BCUT2D eigenvalue weighted by atomic mass is 32.1. The monoisotopic (exact) mass is 329 g/mol. The van der Waals surface area contributed by atoms with Gasteiger partial charge in [-0.3, -0.25) is 4.79 Å². The van der Waals surface area contributed by atoms with Crippen LogP contribution in [0.5, 0.6) is 5.75 Å². The maximum absolute atomic E-state index is 11.9. The van der Waals surface area contributed by atoms with Crippen LogP contribution in [0.4, 0.5) is 5.82 Å². The van der Waals surface area contributed by atoms with Crippen molar-refractivity contribution in [3.63, 3.8) is 0 Å². The van der Waals surface area contributed by atoms with Crippen LogP contribution in [-0.4, -0.2) is 16.0 Å². The maximum atomic E-state index is 11.9. The smallest absolute Gasteiger partial charge is 0.231 e. The first-order valence-electron chi connectivity index (χ1n) is 7.03. The summed E-state index contributed by atoms with van der Waals surface area (Å²) < 4.78 is 10.5. The van der Waals surface area contributed by atoms with E-state index in [1.807, 2.05) is 35.7 Å². The summed E-state index contributed by atoms with van der Waals surface area (Å²) in [5.41, 5.74) is 0.708. The molecule has 0 saturated heterocycles. The SMILES string of the molecule is Cc1cc(NC(=O)Cc2csc(COc3ccccc3)n2)no1. The number of nitrogens with zero attached hydrogens (tertiary/aromatic N) is 2. The van der Waals surface area contributed by atoms with E-state index in [4.69, 9.17) is 9.26 Å². The molecule has 1 amide bonds. The van der Waals surface area contributed by atoms with Gasteiger partial charge >= 0.3 is 0 Å². The number of hydrogen-bond acceptors (Lipinski definition) is 6. The zero-order valence-corrected chi connectivity index (χ0v) is 13.3. The summed E-state index contributed by atoms with van der Waals surface area (Å²) in [6, 6.07) is 11.2. The van der Waals surface area contributed by atoms with Crippen LogP contribution < -0.4 is 10.1 Å². The van der Waals surface area contributed by atoms with E-state index in [2.05, 4.69) is 15.5 Å². The highest BCUT2D eigenvalue weighted by molar-refractivity contribution is 7.09. The van der Waals surface area contributed by atoms with Crippen LogP contribution in [0, 0.1) is 6.92 Å². The number of nitrogens with one attached hydrogen (secondary N) is 1. The Balaban J connectivity index is 1.51. The van der Waals surface area contributed by atoms with Crippen molar-refractivity contribution in [3.8, 4) is 5.75 Å². The fourth-order valence-electron chi connectivity index (χ4n) is 1.94. The predicted octanol–water partition coefficient (Wildman–Crippen LogP) is 3.20. The van der Waals surface area contributed by atoms with Crippen LogP contribution in [0.2, 0.25) is 0 Å². The van der Waals surface area contributed by atoms with Gasteiger partial charge in [0, 0.05) is 11.4 Å². The van der Waals surface area contributed by atoms with E-state index >= 15 is 0 Å². The molecule has 0 atom stereocenters. The predicted molar refractivity (Wildman–Crippen MR) is 86.5 cm³/mol. The molecule has 0 aliphatic heterocycles. The molecule has 3 rings (SSSR count). The van der Waals surface area contributed by atoms with Gasteiger partial charge in [-0.25, -0.2) is 4.98 Å². The number of carbonyl (C=O) groups is 1. The van der Waals surface area contributed by atoms with Gasteiger partial charge in [0.2, 0.25) is 5.91 Å². The fraction of sp³-hybridized carbons (Fsp3) is 0.188. The third-order valence-electron chi connectivity index (χ3n) is 2.94. The Morgan fingerprint density at radius 1 is 1.35 bits per heavy atom. The number of hydrogen-bond donors (Lipinski definition) is 1. The Hall–Kier alpha value is -2.67. The quantitative estimate of drug-likeness (QED) is 0.751. The van der Waals surface area contributed by atoms with Crippen molar-refractivity contribution in [2.24, 2.45) is 0 Å². The van der Waals surface area contributed by atoms with Crippen molar-refractivity contribution in [2.45, 2.75) is 20.0 Å². The highest BCUT2D eigenvalue weighted by Gasteiger charge is 2.10. The Bertz CT molecular complexity index is 783. The van der Waals surface area contributed by atoms with E-state index in [0.717, 1.165) is 10.8 Å². The number of aromatic nitrogens is 2. The van der Waals surface area contributed by atoms with Gasteiger partial charge in [-0.05, 0) is 19.1 Å². The largest absolute Gasteiger partial charge is 0.486 e. The molecule has 0 spiro atoms. The molecule has 0 aliphatic carbocycles. The van der Waals surface area contributed by atoms with E-state index < -0.39 is 0 Å². The minimum Gasteiger partial charge on any atom is -0.486 e. The molecule has 23 heavy (non-hydrogen) atoms. The van der Waals surface area contributed by atoms with Crippen molar-refractivity contribution < 1.29 is 14.1 Å². The van der Waals surface area contributed by atoms with Gasteiger partial charge in [0.25, 0.3) is 0 Å². The lowest BCUT2D eigenvalue weighted by molar-refractivity contribution is -0.115. The molecule has 0 unspecified atom stereocenters. The van der Waals surface area contributed by atoms with Crippen LogP contribution in [0.25, 0.3) is 0 Å². The van der Waals surface area contributed by atoms with Gasteiger partial charge in [0.1, 0.15) is 23.1 Å². The number of para-hydroxylation sites is 1. The van der Waals surface area contributed by atoms with E-state index in [1.54, 1.807) is 13.0 Å². The van der Waals surface area contributed by atoms with Gasteiger partial charge in [-0.15, -0.1) is 11.3 Å². The Morgan fingerprint density at radius 3 is 2.91 bits per heavy atom. The number of rotatable bonds is 6. The number of benzene rings is 1. The first-order valence-corrected chi connectivity index (χ1v) is 7.91.